The number of nitrogens with zero attached hydrogens (tertiary/aromatic N) is 4. The van der Waals surface area contributed by atoms with Gasteiger partial charge >= 0.3 is 0 Å². The van der Waals surface area contributed by atoms with Gasteiger partial charge in [0, 0.05) is 21.8 Å². The molecule has 3 aromatic rings. The van der Waals surface area contributed by atoms with Crippen molar-refractivity contribution in [3.8, 4) is 28.9 Å². The van der Waals surface area contributed by atoms with Crippen molar-refractivity contribution in [2.75, 3.05) is 0 Å². The molecule has 102 valence electrons. The largest absolute Gasteiger partial charge is 0.334 e. The zero-order valence-electron chi connectivity index (χ0n) is 11.0. The summed E-state index contributed by atoms with van der Waals surface area (Å²) in [5.41, 5.74) is 2.94. The Labute approximate surface area is 129 Å². The highest BCUT2D eigenvalue weighted by molar-refractivity contribution is 9.10. The average molecular weight is 341 g/mol. The van der Waals surface area contributed by atoms with E-state index >= 15 is 0 Å². The summed E-state index contributed by atoms with van der Waals surface area (Å²) in [6.07, 6.45) is 1.54. The van der Waals surface area contributed by atoms with Crippen molar-refractivity contribution >= 4 is 15.9 Å². The summed E-state index contributed by atoms with van der Waals surface area (Å²) in [7, 11) is 0. The molecule has 0 radical (unpaired) electrons. The SMILES string of the molecule is Cc1cc(Br)ccc1-c1noc(-c2ccnc(C#N)c2)n1. The number of halogens is 1. The molecule has 0 aliphatic carbocycles. The van der Waals surface area contributed by atoms with Crippen molar-refractivity contribution in [3.63, 3.8) is 0 Å². The lowest BCUT2D eigenvalue weighted by Crippen LogP contribution is -1.87. The molecule has 0 spiro atoms. The van der Waals surface area contributed by atoms with E-state index in [0.29, 0.717) is 23.0 Å². The number of hydrogen-bond donors (Lipinski definition) is 0. The minimum Gasteiger partial charge on any atom is -0.334 e. The van der Waals surface area contributed by atoms with Crippen LogP contribution >= 0.6 is 15.9 Å². The van der Waals surface area contributed by atoms with Crippen LogP contribution in [-0.4, -0.2) is 15.1 Å². The minimum absolute atomic E-state index is 0.312. The molecule has 6 heteroatoms. The monoisotopic (exact) mass is 340 g/mol. The molecule has 2 aromatic heterocycles. The molecule has 0 unspecified atom stereocenters. The fourth-order valence-corrected chi connectivity index (χ4v) is 2.43. The number of aromatic nitrogens is 3. The van der Waals surface area contributed by atoms with Crippen molar-refractivity contribution in [1.82, 2.24) is 15.1 Å². The van der Waals surface area contributed by atoms with Crippen molar-refractivity contribution in [2.24, 2.45) is 0 Å². The predicted molar refractivity (Wildman–Crippen MR) is 80.1 cm³/mol. The Kier molecular flexibility index (Phi) is 3.50. The van der Waals surface area contributed by atoms with Crippen LogP contribution in [0.2, 0.25) is 0 Å². The second-order valence-electron chi connectivity index (χ2n) is 4.42. The van der Waals surface area contributed by atoms with Crippen LogP contribution in [0.3, 0.4) is 0 Å². The zero-order chi connectivity index (χ0) is 14.8. The van der Waals surface area contributed by atoms with Crippen LogP contribution in [0.15, 0.2) is 45.5 Å². The summed E-state index contributed by atoms with van der Waals surface area (Å²) in [4.78, 5) is 8.30. The second kappa shape index (κ2) is 5.46. The first-order valence-electron chi connectivity index (χ1n) is 6.14. The maximum atomic E-state index is 8.87. The van der Waals surface area contributed by atoms with E-state index in [1.807, 2.05) is 31.2 Å². The number of aryl methyl sites for hydroxylation is 1. The van der Waals surface area contributed by atoms with Crippen molar-refractivity contribution in [2.45, 2.75) is 6.92 Å². The first-order chi connectivity index (χ1) is 10.2. The highest BCUT2D eigenvalue weighted by atomic mass is 79.9. The molecule has 21 heavy (non-hydrogen) atoms. The third kappa shape index (κ3) is 2.69. The van der Waals surface area contributed by atoms with Gasteiger partial charge in [-0.25, -0.2) is 4.98 Å². The van der Waals surface area contributed by atoms with Gasteiger partial charge < -0.3 is 4.52 Å². The topological polar surface area (TPSA) is 75.6 Å². The predicted octanol–water partition coefficient (Wildman–Crippen LogP) is 3.74. The van der Waals surface area contributed by atoms with Gasteiger partial charge in [0.15, 0.2) is 0 Å². The molecule has 1 aromatic carbocycles. The molecule has 0 atom stereocenters. The summed E-state index contributed by atoms with van der Waals surface area (Å²) in [6.45, 7) is 1.98. The number of rotatable bonds is 2. The van der Waals surface area contributed by atoms with Gasteiger partial charge in [-0.2, -0.15) is 10.2 Å². The molecule has 0 amide bonds. The third-order valence-electron chi connectivity index (χ3n) is 2.98. The normalized spacial score (nSPS) is 10.3. The lowest BCUT2D eigenvalue weighted by Gasteiger charge is -2.00. The second-order valence-corrected chi connectivity index (χ2v) is 5.34. The van der Waals surface area contributed by atoms with Crippen LogP contribution < -0.4 is 0 Å². The molecule has 0 bridgehead atoms. The summed E-state index contributed by atoms with van der Waals surface area (Å²) in [5.74, 6) is 0.886. The first-order valence-corrected chi connectivity index (χ1v) is 6.93. The van der Waals surface area contributed by atoms with Crippen molar-refractivity contribution < 1.29 is 4.52 Å². The van der Waals surface area contributed by atoms with E-state index in [9.17, 15) is 0 Å². The molecule has 0 fully saturated rings. The van der Waals surface area contributed by atoms with Gasteiger partial charge in [-0.05, 0) is 42.8 Å². The van der Waals surface area contributed by atoms with Gasteiger partial charge in [0.05, 0.1) is 0 Å². The van der Waals surface area contributed by atoms with E-state index in [0.717, 1.165) is 15.6 Å². The fraction of sp³-hybridized carbons (Fsp3) is 0.0667. The number of hydrogen-bond acceptors (Lipinski definition) is 5. The van der Waals surface area contributed by atoms with Gasteiger partial charge in [-0.3, -0.25) is 0 Å². The van der Waals surface area contributed by atoms with E-state index in [2.05, 4.69) is 31.1 Å². The average Bonchev–Trinajstić information content (AvgIpc) is 2.97. The quantitative estimate of drug-likeness (QED) is 0.710. The molecule has 3 rings (SSSR count). The third-order valence-corrected chi connectivity index (χ3v) is 3.47. The summed E-state index contributed by atoms with van der Waals surface area (Å²) >= 11 is 3.42. The summed E-state index contributed by atoms with van der Waals surface area (Å²) < 4.78 is 6.28. The van der Waals surface area contributed by atoms with Gasteiger partial charge in [-0.15, -0.1) is 0 Å². The molecule has 0 aliphatic heterocycles. The van der Waals surface area contributed by atoms with E-state index in [1.54, 1.807) is 18.3 Å². The molecular weight excluding hydrogens is 332 g/mol. The van der Waals surface area contributed by atoms with E-state index in [-0.39, 0.29) is 0 Å². The van der Waals surface area contributed by atoms with Crippen LogP contribution in [0.1, 0.15) is 11.3 Å². The van der Waals surface area contributed by atoms with Crippen LogP contribution in [0.5, 0.6) is 0 Å². The van der Waals surface area contributed by atoms with Crippen molar-refractivity contribution in [1.29, 1.82) is 5.26 Å². The first kappa shape index (κ1) is 13.5. The lowest BCUT2D eigenvalue weighted by molar-refractivity contribution is 0.432. The van der Waals surface area contributed by atoms with E-state index in [4.69, 9.17) is 9.78 Å². The Bertz CT molecular complexity index is 851. The van der Waals surface area contributed by atoms with E-state index in [1.165, 1.54) is 0 Å². The maximum Gasteiger partial charge on any atom is 0.258 e. The maximum absolute atomic E-state index is 8.87. The Balaban J connectivity index is 2.02. The van der Waals surface area contributed by atoms with Crippen LogP contribution in [0.4, 0.5) is 0 Å². The summed E-state index contributed by atoms with van der Waals surface area (Å²) in [5, 5.41) is 12.9. The minimum atomic E-state index is 0.312. The van der Waals surface area contributed by atoms with Crippen LogP contribution in [0, 0.1) is 18.3 Å². The lowest BCUT2D eigenvalue weighted by atomic mass is 10.1. The highest BCUT2D eigenvalue weighted by Crippen LogP contribution is 2.26. The molecule has 0 N–H and O–H groups in total. The standard InChI is InChI=1S/C15H9BrN4O/c1-9-6-11(16)2-3-13(9)14-19-15(21-20-14)10-4-5-18-12(7-10)8-17/h2-7H,1H3. The zero-order valence-corrected chi connectivity index (χ0v) is 12.6. The van der Waals surface area contributed by atoms with Gasteiger partial charge in [0.25, 0.3) is 5.89 Å². The fourth-order valence-electron chi connectivity index (χ4n) is 1.95. The molecule has 5 nitrogen and oxygen atoms in total. The Morgan fingerprint density at radius 2 is 2.10 bits per heavy atom. The van der Waals surface area contributed by atoms with Crippen LogP contribution in [-0.2, 0) is 0 Å². The van der Waals surface area contributed by atoms with Gasteiger partial charge in [-0.1, -0.05) is 21.1 Å². The molecular formula is C15H9BrN4O. The molecule has 0 aliphatic rings. The van der Waals surface area contributed by atoms with Gasteiger partial charge in [0.2, 0.25) is 5.82 Å². The number of pyridine rings is 1. The Morgan fingerprint density at radius 1 is 1.24 bits per heavy atom. The van der Waals surface area contributed by atoms with Crippen LogP contribution in [0.25, 0.3) is 22.8 Å². The highest BCUT2D eigenvalue weighted by Gasteiger charge is 2.13. The summed E-state index contributed by atoms with van der Waals surface area (Å²) in [6, 6.07) is 11.2. The Hall–Kier alpha value is -2.52. The molecule has 2 heterocycles. The smallest absolute Gasteiger partial charge is 0.258 e. The van der Waals surface area contributed by atoms with Crippen molar-refractivity contribution in [3.05, 3.63) is 52.3 Å². The number of benzene rings is 1. The Morgan fingerprint density at radius 3 is 2.86 bits per heavy atom. The number of nitriles is 1. The molecule has 0 saturated heterocycles. The van der Waals surface area contributed by atoms with E-state index < -0.39 is 0 Å². The molecule has 0 saturated carbocycles. The van der Waals surface area contributed by atoms with Gasteiger partial charge in [0.1, 0.15) is 11.8 Å².